The molecule has 0 radical (unpaired) electrons. The zero-order chi connectivity index (χ0) is 9.97. The molecule has 4 heteroatoms. The van der Waals surface area contributed by atoms with E-state index in [1.54, 1.807) is 16.9 Å². The normalized spacial score (nSPS) is 10.4. The molecular formula is C10H8BrClN2. The standard InChI is InChI=1S/C10H8BrClN2/c11-9-4-2-1-3-8(9)7-14-10(12)5-6-13-14/h1-6H,7H2. The van der Waals surface area contributed by atoms with Crippen molar-refractivity contribution in [1.82, 2.24) is 9.78 Å². The van der Waals surface area contributed by atoms with Gasteiger partial charge in [0.1, 0.15) is 5.15 Å². The van der Waals surface area contributed by atoms with Gasteiger partial charge >= 0.3 is 0 Å². The van der Waals surface area contributed by atoms with E-state index in [0.717, 1.165) is 10.0 Å². The predicted molar refractivity (Wildman–Crippen MR) is 60.5 cm³/mol. The van der Waals surface area contributed by atoms with E-state index >= 15 is 0 Å². The van der Waals surface area contributed by atoms with Crippen molar-refractivity contribution in [3.63, 3.8) is 0 Å². The van der Waals surface area contributed by atoms with Crippen molar-refractivity contribution in [2.75, 3.05) is 0 Å². The molecular weight excluding hydrogens is 263 g/mol. The number of benzene rings is 1. The Morgan fingerprint density at radius 3 is 2.71 bits per heavy atom. The number of rotatable bonds is 2. The van der Waals surface area contributed by atoms with Crippen LogP contribution in [0.25, 0.3) is 0 Å². The molecule has 1 heterocycles. The van der Waals surface area contributed by atoms with Crippen LogP contribution >= 0.6 is 27.5 Å². The van der Waals surface area contributed by atoms with Gasteiger partial charge in [-0.3, -0.25) is 0 Å². The Morgan fingerprint density at radius 1 is 1.29 bits per heavy atom. The van der Waals surface area contributed by atoms with E-state index in [4.69, 9.17) is 11.6 Å². The monoisotopic (exact) mass is 270 g/mol. The van der Waals surface area contributed by atoms with Gasteiger partial charge in [-0.2, -0.15) is 5.10 Å². The molecule has 0 aliphatic heterocycles. The summed E-state index contributed by atoms with van der Waals surface area (Å²) < 4.78 is 2.83. The summed E-state index contributed by atoms with van der Waals surface area (Å²) >= 11 is 9.41. The van der Waals surface area contributed by atoms with Crippen molar-refractivity contribution >= 4 is 27.5 Å². The van der Waals surface area contributed by atoms with Crippen LogP contribution in [-0.4, -0.2) is 9.78 Å². The quantitative estimate of drug-likeness (QED) is 0.819. The summed E-state index contributed by atoms with van der Waals surface area (Å²) in [6, 6.07) is 9.81. The molecule has 2 rings (SSSR count). The average molecular weight is 272 g/mol. The Labute approximate surface area is 95.6 Å². The first kappa shape index (κ1) is 9.74. The minimum absolute atomic E-state index is 0.653. The number of nitrogens with zero attached hydrogens (tertiary/aromatic N) is 2. The first-order valence-electron chi connectivity index (χ1n) is 4.18. The van der Waals surface area contributed by atoms with Gasteiger partial charge in [-0.25, -0.2) is 4.68 Å². The molecule has 0 spiro atoms. The molecule has 0 N–H and O–H groups in total. The van der Waals surface area contributed by atoms with Crippen LogP contribution in [0.4, 0.5) is 0 Å². The summed E-state index contributed by atoms with van der Waals surface area (Å²) in [5.41, 5.74) is 1.16. The van der Waals surface area contributed by atoms with E-state index in [0.29, 0.717) is 11.7 Å². The van der Waals surface area contributed by atoms with Crippen LogP contribution in [0, 0.1) is 0 Å². The lowest BCUT2D eigenvalue weighted by molar-refractivity contribution is 0.686. The summed E-state index contributed by atoms with van der Waals surface area (Å²) in [5, 5.41) is 4.77. The second-order valence-electron chi connectivity index (χ2n) is 2.90. The third-order valence-corrected chi connectivity index (χ3v) is 3.04. The lowest BCUT2D eigenvalue weighted by Crippen LogP contribution is -2.01. The van der Waals surface area contributed by atoms with E-state index in [1.807, 2.05) is 24.3 Å². The molecule has 0 aliphatic carbocycles. The number of hydrogen-bond donors (Lipinski definition) is 0. The molecule has 0 unspecified atom stereocenters. The van der Waals surface area contributed by atoms with Crippen LogP contribution in [0.15, 0.2) is 41.0 Å². The van der Waals surface area contributed by atoms with Crippen molar-refractivity contribution in [3.8, 4) is 0 Å². The highest BCUT2D eigenvalue weighted by Gasteiger charge is 2.02. The van der Waals surface area contributed by atoms with Crippen molar-refractivity contribution in [2.45, 2.75) is 6.54 Å². The predicted octanol–water partition coefficient (Wildman–Crippen LogP) is 3.35. The summed E-state index contributed by atoms with van der Waals surface area (Å²) in [5.74, 6) is 0. The minimum Gasteiger partial charge on any atom is -0.250 e. The lowest BCUT2D eigenvalue weighted by Gasteiger charge is -2.05. The molecule has 1 aromatic heterocycles. The van der Waals surface area contributed by atoms with Gasteiger partial charge in [0, 0.05) is 4.47 Å². The van der Waals surface area contributed by atoms with E-state index in [9.17, 15) is 0 Å². The lowest BCUT2D eigenvalue weighted by atomic mass is 10.2. The van der Waals surface area contributed by atoms with E-state index in [1.165, 1.54) is 0 Å². The second-order valence-corrected chi connectivity index (χ2v) is 4.14. The fraction of sp³-hybridized carbons (Fsp3) is 0.100. The Hall–Kier alpha value is -0.800. The van der Waals surface area contributed by atoms with Crippen LogP contribution in [0.3, 0.4) is 0 Å². The molecule has 72 valence electrons. The molecule has 0 amide bonds. The fourth-order valence-corrected chi connectivity index (χ4v) is 1.79. The van der Waals surface area contributed by atoms with Crippen LogP contribution in [0.5, 0.6) is 0 Å². The smallest absolute Gasteiger partial charge is 0.127 e. The molecule has 0 fully saturated rings. The fourth-order valence-electron chi connectivity index (χ4n) is 1.22. The van der Waals surface area contributed by atoms with Gasteiger partial charge in [-0.05, 0) is 17.7 Å². The highest BCUT2D eigenvalue weighted by Crippen LogP contribution is 2.18. The van der Waals surface area contributed by atoms with Crippen molar-refractivity contribution in [3.05, 3.63) is 51.7 Å². The number of halogens is 2. The maximum Gasteiger partial charge on any atom is 0.127 e. The van der Waals surface area contributed by atoms with Gasteiger partial charge in [0.2, 0.25) is 0 Å². The molecule has 0 aliphatic rings. The Bertz CT molecular complexity index is 439. The van der Waals surface area contributed by atoms with Crippen LogP contribution in [-0.2, 0) is 6.54 Å². The molecule has 2 aromatic rings. The van der Waals surface area contributed by atoms with Crippen LogP contribution in [0.2, 0.25) is 5.15 Å². The van der Waals surface area contributed by atoms with Gasteiger partial charge in [0.05, 0.1) is 12.7 Å². The highest BCUT2D eigenvalue weighted by atomic mass is 79.9. The molecule has 0 saturated heterocycles. The SMILES string of the molecule is Clc1ccnn1Cc1ccccc1Br. The maximum absolute atomic E-state index is 5.93. The van der Waals surface area contributed by atoms with Gasteiger partial charge in [0.25, 0.3) is 0 Å². The van der Waals surface area contributed by atoms with Crippen molar-refractivity contribution in [2.24, 2.45) is 0 Å². The Kier molecular flexibility index (Phi) is 2.89. The molecule has 14 heavy (non-hydrogen) atoms. The minimum atomic E-state index is 0.653. The topological polar surface area (TPSA) is 17.8 Å². The third-order valence-electron chi connectivity index (χ3n) is 1.94. The van der Waals surface area contributed by atoms with Crippen LogP contribution in [0.1, 0.15) is 5.56 Å². The first-order valence-corrected chi connectivity index (χ1v) is 5.35. The van der Waals surface area contributed by atoms with E-state index in [2.05, 4.69) is 21.0 Å². The third kappa shape index (κ3) is 1.99. The first-order chi connectivity index (χ1) is 6.77. The van der Waals surface area contributed by atoms with E-state index in [-0.39, 0.29) is 0 Å². The Morgan fingerprint density at radius 2 is 2.07 bits per heavy atom. The summed E-state index contributed by atoms with van der Waals surface area (Å²) in [6.07, 6.45) is 1.69. The summed E-state index contributed by atoms with van der Waals surface area (Å²) in [4.78, 5) is 0. The highest BCUT2D eigenvalue weighted by molar-refractivity contribution is 9.10. The zero-order valence-corrected chi connectivity index (χ0v) is 9.66. The molecule has 0 saturated carbocycles. The van der Waals surface area contributed by atoms with Gasteiger partial charge in [0.15, 0.2) is 0 Å². The summed E-state index contributed by atoms with van der Waals surface area (Å²) in [7, 11) is 0. The Balaban J connectivity index is 2.28. The van der Waals surface area contributed by atoms with Gasteiger partial charge < -0.3 is 0 Å². The van der Waals surface area contributed by atoms with Gasteiger partial charge in [-0.15, -0.1) is 0 Å². The molecule has 1 aromatic carbocycles. The second kappa shape index (κ2) is 4.15. The molecule has 0 atom stereocenters. The molecule has 2 nitrogen and oxygen atoms in total. The molecule has 0 bridgehead atoms. The van der Waals surface area contributed by atoms with Gasteiger partial charge in [-0.1, -0.05) is 45.7 Å². The van der Waals surface area contributed by atoms with Crippen LogP contribution < -0.4 is 0 Å². The largest absolute Gasteiger partial charge is 0.250 e. The summed E-state index contributed by atoms with van der Waals surface area (Å²) in [6.45, 7) is 0.688. The number of hydrogen-bond acceptors (Lipinski definition) is 1. The van der Waals surface area contributed by atoms with Crippen molar-refractivity contribution < 1.29 is 0 Å². The van der Waals surface area contributed by atoms with E-state index < -0.39 is 0 Å². The maximum atomic E-state index is 5.93. The average Bonchev–Trinajstić information content (AvgIpc) is 2.56. The number of aromatic nitrogens is 2. The van der Waals surface area contributed by atoms with Crippen molar-refractivity contribution in [1.29, 1.82) is 0 Å². The zero-order valence-electron chi connectivity index (χ0n) is 7.32.